The minimum Gasteiger partial charge on any atom is -0.325 e. The number of aryl methyl sites for hydroxylation is 2. The minimum absolute atomic E-state index is 0.237. The van der Waals surface area contributed by atoms with E-state index in [1.165, 1.54) is 36.6 Å². The van der Waals surface area contributed by atoms with Crippen molar-refractivity contribution < 1.29 is 17.6 Å². The zero-order chi connectivity index (χ0) is 22.3. The second-order valence-electron chi connectivity index (χ2n) is 7.36. The van der Waals surface area contributed by atoms with Gasteiger partial charge < -0.3 is 9.88 Å². The van der Waals surface area contributed by atoms with E-state index in [9.17, 15) is 17.6 Å². The number of carbonyl (C=O) groups excluding carboxylic acids is 1. The summed E-state index contributed by atoms with van der Waals surface area (Å²) < 4.78 is 44.3. The average Bonchev–Trinajstić information content (AvgIpc) is 3.35. The van der Waals surface area contributed by atoms with Gasteiger partial charge in [0.25, 0.3) is 10.2 Å². The van der Waals surface area contributed by atoms with Gasteiger partial charge in [-0.1, -0.05) is 0 Å². The molecule has 0 bridgehead atoms. The van der Waals surface area contributed by atoms with Gasteiger partial charge in [0.1, 0.15) is 18.2 Å². The highest BCUT2D eigenvalue weighted by Gasteiger charge is 2.41. The molecular formula is C19H21FN6O3S2. The van der Waals surface area contributed by atoms with E-state index >= 15 is 0 Å². The summed E-state index contributed by atoms with van der Waals surface area (Å²) in [4.78, 5) is 14.5. The van der Waals surface area contributed by atoms with E-state index in [0.717, 1.165) is 14.1 Å². The quantitative estimate of drug-likeness (QED) is 0.615. The van der Waals surface area contributed by atoms with E-state index in [1.54, 1.807) is 17.8 Å². The van der Waals surface area contributed by atoms with Gasteiger partial charge in [0, 0.05) is 24.7 Å². The zero-order valence-electron chi connectivity index (χ0n) is 17.0. The molecule has 2 N–H and O–H groups in total. The third-order valence-corrected chi connectivity index (χ3v) is 7.99. The van der Waals surface area contributed by atoms with E-state index in [0.29, 0.717) is 17.1 Å². The number of thiophene rings is 1. The van der Waals surface area contributed by atoms with Crippen LogP contribution in [0.25, 0.3) is 10.7 Å². The number of hydrogen-bond acceptors (Lipinski definition) is 6. The van der Waals surface area contributed by atoms with Crippen LogP contribution in [0.4, 0.5) is 10.1 Å². The molecular weight excluding hydrogens is 443 g/mol. The second-order valence-corrected chi connectivity index (χ2v) is 10.2. The summed E-state index contributed by atoms with van der Waals surface area (Å²) in [5.74, 6) is -0.183. The second kappa shape index (κ2) is 8.11. The van der Waals surface area contributed by atoms with Crippen molar-refractivity contribution in [3.05, 3.63) is 52.9 Å². The number of anilines is 1. The van der Waals surface area contributed by atoms with Crippen molar-refractivity contribution in [2.75, 3.05) is 12.4 Å². The molecule has 0 aliphatic carbocycles. The maximum Gasteiger partial charge on any atom is 0.280 e. The number of aromatic nitrogens is 3. The fourth-order valence-corrected chi connectivity index (χ4v) is 5.85. The van der Waals surface area contributed by atoms with Crippen LogP contribution in [-0.2, 0) is 22.1 Å². The number of benzene rings is 1. The van der Waals surface area contributed by atoms with Crippen LogP contribution in [0.3, 0.4) is 0 Å². The van der Waals surface area contributed by atoms with Gasteiger partial charge in [-0.2, -0.15) is 17.4 Å². The first-order valence-corrected chi connectivity index (χ1v) is 11.7. The Morgan fingerprint density at radius 3 is 2.74 bits per heavy atom. The predicted molar refractivity (Wildman–Crippen MR) is 115 cm³/mol. The molecule has 0 saturated carbocycles. The summed E-state index contributed by atoms with van der Waals surface area (Å²) in [5, 5.41) is 10.6. The molecule has 0 radical (unpaired) electrons. The molecule has 1 saturated heterocycles. The molecule has 3 heterocycles. The van der Waals surface area contributed by atoms with Crippen LogP contribution in [0, 0.1) is 12.7 Å². The number of halogens is 1. The van der Waals surface area contributed by atoms with Crippen LogP contribution in [0.1, 0.15) is 22.9 Å². The Kier molecular flexibility index (Phi) is 5.64. The lowest BCUT2D eigenvalue weighted by atomic mass is 10.1. The highest BCUT2D eigenvalue weighted by molar-refractivity contribution is 7.87. The maximum atomic E-state index is 13.5. The summed E-state index contributed by atoms with van der Waals surface area (Å²) in [6.45, 7) is 1.59. The summed E-state index contributed by atoms with van der Waals surface area (Å²) in [7, 11) is -0.694. The average molecular weight is 465 g/mol. The summed E-state index contributed by atoms with van der Waals surface area (Å²) in [6, 6.07) is 6.39. The van der Waals surface area contributed by atoms with Crippen LogP contribution in [0.15, 0.2) is 36.7 Å². The third-order valence-electron chi connectivity index (χ3n) is 5.20. The lowest BCUT2D eigenvalue weighted by molar-refractivity contribution is -0.120. The summed E-state index contributed by atoms with van der Waals surface area (Å²) >= 11 is 1.39. The Bertz CT molecular complexity index is 1240. The van der Waals surface area contributed by atoms with E-state index in [-0.39, 0.29) is 12.2 Å². The topological polar surface area (TPSA) is 109 Å². The number of rotatable bonds is 4. The fourth-order valence-electron chi connectivity index (χ4n) is 3.41. The molecule has 31 heavy (non-hydrogen) atoms. The van der Waals surface area contributed by atoms with Gasteiger partial charge in [-0.3, -0.25) is 4.79 Å². The first-order chi connectivity index (χ1) is 14.7. The van der Waals surface area contributed by atoms with Gasteiger partial charge in [-0.15, -0.1) is 21.5 Å². The normalized spacial score (nSPS) is 21.2. The Morgan fingerprint density at radius 1 is 1.29 bits per heavy atom. The number of likely N-dealkylation sites (N-methyl/N-ethyl adjacent to an activating group) is 1. The van der Waals surface area contributed by atoms with Gasteiger partial charge in [-0.05, 0) is 49.2 Å². The molecule has 2 unspecified atom stereocenters. The van der Waals surface area contributed by atoms with Gasteiger partial charge in [0.05, 0.1) is 10.9 Å². The maximum absolute atomic E-state index is 13.5. The Morgan fingerprint density at radius 2 is 2.06 bits per heavy atom. The Hall–Kier alpha value is -2.67. The van der Waals surface area contributed by atoms with E-state index in [1.807, 2.05) is 19.2 Å². The molecule has 1 amide bonds. The fraction of sp³-hybridized carbons (Fsp3) is 0.316. The van der Waals surface area contributed by atoms with Gasteiger partial charge in [0.15, 0.2) is 5.82 Å². The predicted octanol–water partition coefficient (Wildman–Crippen LogP) is 2.21. The van der Waals surface area contributed by atoms with Gasteiger partial charge >= 0.3 is 0 Å². The number of nitrogens with one attached hydrogen (secondary N) is 2. The molecule has 3 aromatic rings. The van der Waals surface area contributed by atoms with Crippen LogP contribution < -0.4 is 10.0 Å². The molecule has 164 valence electrons. The van der Waals surface area contributed by atoms with Crippen LogP contribution >= 0.6 is 11.3 Å². The molecule has 1 aliphatic heterocycles. The molecule has 2 aromatic heterocycles. The number of carbonyl (C=O) groups is 1. The SMILES string of the molecule is Cc1cc(NC(=O)C2CC(c3ccc(-c4nncn4C)s3)NS(=O)(=O)N2C)ccc1F. The van der Waals surface area contributed by atoms with E-state index in [4.69, 9.17) is 0 Å². The van der Waals surface area contributed by atoms with Crippen molar-refractivity contribution in [3.63, 3.8) is 0 Å². The van der Waals surface area contributed by atoms with Gasteiger partial charge in [0.2, 0.25) is 5.91 Å². The monoisotopic (exact) mass is 464 g/mol. The molecule has 1 aliphatic rings. The third kappa shape index (κ3) is 4.24. The van der Waals surface area contributed by atoms with Crippen molar-refractivity contribution in [3.8, 4) is 10.7 Å². The van der Waals surface area contributed by atoms with Crippen molar-refractivity contribution >= 4 is 33.1 Å². The van der Waals surface area contributed by atoms with Crippen molar-refractivity contribution in [1.82, 2.24) is 23.8 Å². The van der Waals surface area contributed by atoms with Crippen LogP contribution in [0.5, 0.6) is 0 Å². The van der Waals surface area contributed by atoms with Crippen LogP contribution in [0.2, 0.25) is 0 Å². The summed E-state index contributed by atoms with van der Waals surface area (Å²) in [6.07, 6.45) is 1.82. The molecule has 0 spiro atoms. The Balaban J connectivity index is 1.58. The molecule has 9 nitrogen and oxygen atoms in total. The van der Waals surface area contributed by atoms with E-state index < -0.39 is 28.2 Å². The zero-order valence-corrected chi connectivity index (χ0v) is 18.7. The standard InChI is InChI=1S/C19H21FN6O3S2/c1-11-8-12(4-5-13(11)20)22-19(27)15-9-14(24-31(28,29)26(15)3)16-6-7-17(30-16)18-23-21-10-25(18)2/h4-8,10,14-15,24H,9H2,1-3H3,(H,22,27). The first kappa shape index (κ1) is 21.6. The lowest BCUT2D eigenvalue weighted by Crippen LogP contribution is -2.55. The number of amides is 1. The van der Waals surface area contributed by atoms with Gasteiger partial charge in [-0.25, -0.2) is 4.39 Å². The molecule has 2 atom stereocenters. The minimum atomic E-state index is -3.88. The molecule has 1 aromatic carbocycles. The molecule has 4 rings (SSSR count). The smallest absolute Gasteiger partial charge is 0.280 e. The molecule has 1 fully saturated rings. The lowest BCUT2D eigenvalue weighted by Gasteiger charge is -2.35. The summed E-state index contributed by atoms with van der Waals surface area (Å²) in [5.41, 5.74) is 0.794. The van der Waals surface area contributed by atoms with Crippen LogP contribution in [-0.4, -0.2) is 46.5 Å². The number of hydrogen-bond donors (Lipinski definition) is 2. The highest BCUT2D eigenvalue weighted by atomic mass is 32.2. The van der Waals surface area contributed by atoms with Crippen molar-refractivity contribution in [2.45, 2.75) is 25.4 Å². The largest absolute Gasteiger partial charge is 0.325 e. The van der Waals surface area contributed by atoms with Crippen molar-refractivity contribution in [2.24, 2.45) is 7.05 Å². The van der Waals surface area contributed by atoms with Crippen molar-refractivity contribution in [1.29, 1.82) is 0 Å². The Labute approximate surface area is 183 Å². The molecule has 12 heteroatoms. The number of nitrogens with zero attached hydrogens (tertiary/aromatic N) is 4. The highest BCUT2D eigenvalue weighted by Crippen LogP contribution is 2.35. The first-order valence-electron chi connectivity index (χ1n) is 9.42. The van der Waals surface area contributed by atoms with E-state index in [2.05, 4.69) is 20.2 Å².